The van der Waals surface area contributed by atoms with Crippen molar-refractivity contribution in [3.05, 3.63) is 23.8 Å². The van der Waals surface area contributed by atoms with Crippen LogP contribution in [0.1, 0.15) is 11.7 Å². The molecule has 1 atom stereocenters. The Morgan fingerprint density at radius 3 is 3.07 bits per heavy atom. The molecular weight excluding hydrogens is 198 g/mol. The van der Waals surface area contributed by atoms with Crippen molar-refractivity contribution in [3.8, 4) is 11.5 Å². The van der Waals surface area contributed by atoms with Crippen LogP contribution >= 0.6 is 0 Å². The van der Waals surface area contributed by atoms with E-state index in [1.807, 2.05) is 0 Å². The molecule has 0 saturated carbocycles. The largest absolute Gasteiger partial charge is 0.454 e. The molecule has 0 aromatic heterocycles. The summed E-state index contributed by atoms with van der Waals surface area (Å²) >= 11 is 0. The van der Waals surface area contributed by atoms with Crippen LogP contribution in [0.25, 0.3) is 0 Å². The Bertz CT molecular complexity index is 366. The van der Waals surface area contributed by atoms with Gasteiger partial charge in [0.15, 0.2) is 11.5 Å². The maximum atomic E-state index is 10.1. The quantitative estimate of drug-likeness (QED) is 0.695. The lowest BCUT2D eigenvalue weighted by Gasteiger charge is -2.10. The lowest BCUT2D eigenvalue weighted by Crippen LogP contribution is -2.19. The second kappa shape index (κ2) is 4.18. The van der Waals surface area contributed by atoms with Crippen molar-refractivity contribution in [2.45, 2.75) is 6.10 Å². The van der Waals surface area contributed by atoms with Crippen LogP contribution in [0.15, 0.2) is 18.2 Å². The number of carbonyl (C=O) groups is 1. The first-order valence-electron chi connectivity index (χ1n) is 4.56. The van der Waals surface area contributed by atoms with Crippen LogP contribution in [0.4, 0.5) is 0 Å². The molecule has 1 amide bonds. The van der Waals surface area contributed by atoms with Gasteiger partial charge in [-0.2, -0.15) is 0 Å². The number of carbonyl (C=O) groups excluding carboxylic acids is 1. The maximum Gasteiger partial charge on any atom is 0.231 e. The highest BCUT2D eigenvalue weighted by molar-refractivity contribution is 5.47. The predicted octanol–water partition coefficient (Wildman–Crippen LogP) is 0.195. The molecule has 0 radical (unpaired) electrons. The number of fused-ring (bicyclic) bond motifs is 1. The van der Waals surface area contributed by atoms with E-state index in [2.05, 4.69) is 5.32 Å². The van der Waals surface area contributed by atoms with E-state index in [1.54, 1.807) is 18.2 Å². The van der Waals surface area contributed by atoms with Gasteiger partial charge in [0.05, 0.1) is 6.10 Å². The number of rotatable bonds is 4. The fourth-order valence-electron chi connectivity index (χ4n) is 1.40. The van der Waals surface area contributed by atoms with Gasteiger partial charge in [0.2, 0.25) is 13.2 Å². The number of hydrogen-bond acceptors (Lipinski definition) is 4. The molecule has 2 rings (SSSR count). The number of ether oxygens (including phenoxy) is 2. The van der Waals surface area contributed by atoms with Crippen molar-refractivity contribution in [2.24, 2.45) is 0 Å². The standard InChI is InChI=1S/C10H11NO4/c12-5-11-4-8(13)7-1-2-9-10(3-7)15-6-14-9/h1-3,5,8,13H,4,6H2,(H,11,12). The van der Waals surface area contributed by atoms with Gasteiger partial charge in [0, 0.05) is 6.54 Å². The lowest BCUT2D eigenvalue weighted by atomic mass is 10.1. The molecule has 1 aromatic rings. The topological polar surface area (TPSA) is 67.8 Å². The first-order valence-corrected chi connectivity index (χ1v) is 4.56. The highest BCUT2D eigenvalue weighted by atomic mass is 16.7. The molecule has 5 nitrogen and oxygen atoms in total. The predicted molar refractivity (Wildman–Crippen MR) is 51.6 cm³/mol. The third-order valence-corrected chi connectivity index (χ3v) is 2.18. The molecule has 1 aromatic carbocycles. The highest BCUT2D eigenvalue weighted by Crippen LogP contribution is 2.33. The summed E-state index contributed by atoms with van der Waals surface area (Å²) < 4.78 is 10.3. The van der Waals surface area contributed by atoms with E-state index in [0.29, 0.717) is 23.5 Å². The number of aliphatic hydroxyl groups is 1. The van der Waals surface area contributed by atoms with Gasteiger partial charge in [0.1, 0.15) is 0 Å². The molecule has 5 heteroatoms. The minimum atomic E-state index is -0.732. The van der Waals surface area contributed by atoms with E-state index in [1.165, 1.54) is 0 Å². The van der Waals surface area contributed by atoms with Gasteiger partial charge in [-0.1, -0.05) is 6.07 Å². The van der Waals surface area contributed by atoms with E-state index in [-0.39, 0.29) is 13.3 Å². The van der Waals surface area contributed by atoms with Crippen molar-refractivity contribution in [1.29, 1.82) is 0 Å². The summed E-state index contributed by atoms with van der Waals surface area (Å²) in [6.07, 6.45) is -0.180. The first kappa shape index (κ1) is 9.79. The summed E-state index contributed by atoms with van der Waals surface area (Å²) in [5, 5.41) is 12.1. The van der Waals surface area contributed by atoms with E-state index in [0.717, 1.165) is 0 Å². The van der Waals surface area contributed by atoms with E-state index >= 15 is 0 Å². The van der Waals surface area contributed by atoms with Crippen molar-refractivity contribution >= 4 is 6.41 Å². The summed E-state index contributed by atoms with van der Waals surface area (Å²) in [4.78, 5) is 10.1. The maximum absolute atomic E-state index is 10.1. The molecule has 0 fully saturated rings. The molecule has 0 bridgehead atoms. The fourth-order valence-corrected chi connectivity index (χ4v) is 1.40. The average molecular weight is 209 g/mol. The molecule has 0 aliphatic carbocycles. The average Bonchev–Trinajstić information content (AvgIpc) is 2.72. The van der Waals surface area contributed by atoms with Crippen LogP contribution < -0.4 is 14.8 Å². The summed E-state index contributed by atoms with van der Waals surface area (Å²) in [5.74, 6) is 1.30. The Morgan fingerprint density at radius 2 is 2.27 bits per heavy atom. The number of amides is 1. The smallest absolute Gasteiger partial charge is 0.231 e. The molecule has 1 aliphatic heterocycles. The normalized spacial score (nSPS) is 14.7. The zero-order valence-electron chi connectivity index (χ0n) is 7.97. The Balaban J connectivity index is 2.11. The Labute approximate surface area is 86.6 Å². The van der Waals surface area contributed by atoms with E-state index < -0.39 is 6.10 Å². The minimum absolute atomic E-state index is 0.184. The van der Waals surface area contributed by atoms with Crippen LogP contribution in [-0.4, -0.2) is 24.9 Å². The molecule has 0 spiro atoms. The van der Waals surface area contributed by atoms with Crippen LogP contribution in [0.5, 0.6) is 11.5 Å². The summed E-state index contributed by atoms with van der Waals surface area (Å²) in [6, 6.07) is 5.19. The van der Waals surface area contributed by atoms with Gasteiger partial charge in [-0.25, -0.2) is 0 Å². The van der Waals surface area contributed by atoms with Crippen LogP contribution in [-0.2, 0) is 4.79 Å². The number of hydrogen-bond donors (Lipinski definition) is 2. The van der Waals surface area contributed by atoms with Gasteiger partial charge in [-0.05, 0) is 17.7 Å². The third kappa shape index (κ3) is 2.02. The van der Waals surface area contributed by atoms with Crippen molar-refractivity contribution in [3.63, 3.8) is 0 Å². The first-order chi connectivity index (χ1) is 7.31. The molecular formula is C10H11NO4. The summed E-state index contributed by atoms with van der Waals surface area (Å²) in [5.41, 5.74) is 0.689. The fraction of sp³-hybridized carbons (Fsp3) is 0.300. The number of aliphatic hydroxyl groups excluding tert-OH is 1. The third-order valence-electron chi connectivity index (χ3n) is 2.18. The van der Waals surface area contributed by atoms with E-state index in [4.69, 9.17) is 9.47 Å². The van der Waals surface area contributed by atoms with Crippen molar-refractivity contribution in [1.82, 2.24) is 5.32 Å². The Morgan fingerprint density at radius 1 is 1.47 bits per heavy atom. The Kier molecular flexibility index (Phi) is 2.73. The van der Waals surface area contributed by atoms with Gasteiger partial charge < -0.3 is 19.9 Å². The molecule has 1 heterocycles. The zero-order chi connectivity index (χ0) is 10.7. The molecule has 1 unspecified atom stereocenters. The van der Waals surface area contributed by atoms with Gasteiger partial charge in [0.25, 0.3) is 0 Å². The van der Waals surface area contributed by atoms with Gasteiger partial charge >= 0.3 is 0 Å². The van der Waals surface area contributed by atoms with Crippen molar-refractivity contribution in [2.75, 3.05) is 13.3 Å². The van der Waals surface area contributed by atoms with Crippen LogP contribution in [0.3, 0.4) is 0 Å². The van der Waals surface area contributed by atoms with Gasteiger partial charge in [-0.3, -0.25) is 4.79 Å². The second-order valence-corrected chi connectivity index (χ2v) is 3.15. The number of nitrogens with one attached hydrogen (secondary N) is 1. The SMILES string of the molecule is O=CNCC(O)c1ccc2c(c1)OCO2. The lowest BCUT2D eigenvalue weighted by molar-refractivity contribution is -0.109. The van der Waals surface area contributed by atoms with E-state index in [9.17, 15) is 9.90 Å². The summed E-state index contributed by atoms with van der Waals surface area (Å²) in [7, 11) is 0. The molecule has 1 aliphatic rings. The molecule has 15 heavy (non-hydrogen) atoms. The highest BCUT2D eigenvalue weighted by Gasteiger charge is 2.16. The zero-order valence-corrected chi connectivity index (χ0v) is 7.97. The molecule has 0 saturated heterocycles. The number of benzene rings is 1. The van der Waals surface area contributed by atoms with Crippen LogP contribution in [0.2, 0.25) is 0 Å². The molecule has 2 N–H and O–H groups in total. The monoisotopic (exact) mass is 209 g/mol. The summed E-state index contributed by atoms with van der Waals surface area (Å²) in [6.45, 7) is 0.393. The Hall–Kier alpha value is -1.75. The van der Waals surface area contributed by atoms with Crippen molar-refractivity contribution < 1.29 is 19.4 Å². The second-order valence-electron chi connectivity index (χ2n) is 3.15. The minimum Gasteiger partial charge on any atom is -0.454 e. The van der Waals surface area contributed by atoms with Crippen LogP contribution in [0, 0.1) is 0 Å². The molecule has 80 valence electrons. The van der Waals surface area contributed by atoms with Gasteiger partial charge in [-0.15, -0.1) is 0 Å².